The third-order valence-corrected chi connectivity index (χ3v) is 5.96. The van der Waals surface area contributed by atoms with Crippen LogP contribution in [0.5, 0.6) is 0 Å². The molecule has 2 aliphatic rings. The van der Waals surface area contributed by atoms with Gasteiger partial charge in [0.25, 0.3) is 11.6 Å². The number of fused-ring (bicyclic) bond motifs is 1. The SMILES string of the molecule is CO[C@@]1(NC(=O)CCC[C@@H](N)C(=O)O)C(=O)N2C(C(=O)O)=C(COC(N)=O)CS[C@H]21. The summed E-state index contributed by atoms with van der Waals surface area (Å²) in [6, 6.07) is -1.10. The molecule has 3 atom stereocenters. The number of carbonyl (C=O) groups excluding carboxylic acids is 3. The normalized spacial score (nSPS) is 23.9. The number of thioether (sulfide) groups is 1. The molecule has 0 spiro atoms. The maximum absolute atomic E-state index is 12.8. The van der Waals surface area contributed by atoms with E-state index in [9.17, 15) is 29.1 Å². The zero-order valence-electron chi connectivity index (χ0n) is 16.0. The highest BCUT2D eigenvalue weighted by Crippen LogP contribution is 2.46. The average Bonchev–Trinajstić information content (AvgIpc) is 2.68. The van der Waals surface area contributed by atoms with E-state index < -0.39 is 53.6 Å². The Morgan fingerprint density at radius 1 is 1.37 bits per heavy atom. The Morgan fingerprint density at radius 3 is 2.57 bits per heavy atom. The lowest BCUT2D eigenvalue weighted by atomic mass is 9.97. The van der Waals surface area contributed by atoms with Gasteiger partial charge in [0, 0.05) is 24.9 Å². The van der Waals surface area contributed by atoms with Gasteiger partial charge in [0.15, 0.2) is 0 Å². The Kier molecular flexibility index (Phi) is 7.28. The highest BCUT2D eigenvalue weighted by Gasteiger charge is 2.66. The molecule has 0 aromatic carbocycles. The number of hydrogen-bond acceptors (Lipinski definition) is 9. The molecule has 2 rings (SSSR count). The zero-order valence-corrected chi connectivity index (χ0v) is 16.8. The van der Waals surface area contributed by atoms with E-state index in [1.54, 1.807) is 0 Å². The number of β-lactam (4-membered cyclic amide) rings is 1. The summed E-state index contributed by atoms with van der Waals surface area (Å²) in [5, 5.41) is 19.9. The zero-order chi connectivity index (χ0) is 22.6. The van der Waals surface area contributed by atoms with Crippen molar-refractivity contribution in [1.29, 1.82) is 0 Å². The molecular weight excluding hydrogens is 424 g/mol. The fraction of sp³-hybridized carbons (Fsp3) is 0.562. The summed E-state index contributed by atoms with van der Waals surface area (Å²) in [6.07, 6.45) is -0.953. The molecule has 2 heterocycles. The van der Waals surface area contributed by atoms with Gasteiger partial charge in [-0.25, -0.2) is 9.59 Å². The van der Waals surface area contributed by atoms with Crippen molar-refractivity contribution in [2.45, 2.75) is 36.4 Å². The van der Waals surface area contributed by atoms with E-state index in [0.29, 0.717) is 0 Å². The molecule has 166 valence electrons. The van der Waals surface area contributed by atoms with Gasteiger partial charge in [-0.15, -0.1) is 11.8 Å². The molecule has 1 saturated heterocycles. The Labute approximate surface area is 174 Å². The highest BCUT2D eigenvalue weighted by atomic mass is 32.2. The van der Waals surface area contributed by atoms with Crippen molar-refractivity contribution < 1.29 is 43.7 Å². The highest BCUT2D eigenvalue weighted by molar-refractivity contribution is 8.00. The maximum Gasteiger partial charge on any atom is 0.404 e. The van der Waals surface area contributed by atoms with Crippen molar-refractivity contribution in [1.82, 2.24) is 10.2 Å². The Bertz CT molecular complexity index is 802. The van der Waals surface area contributed by atoms with Crippen LogP contribution in [0, 0.1) is 0 Å². The van der Waals surface area contributed by atoms with E-state index in [4.69, 9.17) is 21.3 Å². The lowest BCUT2D eigenvalue weighted by Gasteiger charge is -2.55. The maximum atomic E-state index is 12.8. The number of carbonyl (C=O) groups is 5. The second-order valence-electron chi connectivity index (χ2n) is 6.53. The van der Waals surface area contributed by atoms with Crippen LogP contribution in [-0.4, -0.2) is 81.6 Å². The van der Waals surface area contributed by atoms with Gasteiger partial charge in [-0.1, -0.05) is 0 Å². The standard InChI is InChI=1S/C16H22N4O9S/c1-28-16(19-9(21)4-2-3-8(17)11(22)23)13(26)20-10(12(24)25)7(5-29-15(18)27)6-30-14(16)20/h8,14H,2-6,17H2,1H3,(H2,18,27)(H,19,21)(H,22,23)(H,24,25)/t8-,14+,16+/m1/s1. The fourth-order valence-electron chi connectivity index (χ4n) is 3.09. The van der Waals surface area contributed by atoms with Crippen molar-refractivity contribution in [3.05, 3.63) is 11.3 Å². The first-order chi connectivity index (χ1) is 14.0. The molecule has 0 aliphatic carbocycles. The van der Waals surface area contributed by atoms with Crippen LogP contribution in [-0.2, 0) is 28.7 Å². The second kappa shape index (κ2) is 9.32. The molecule has 0 radical (unpaired) electrons. The first-order valence-electron chi connectivity index (χ1n) is 8.72. The van der Waals surface area contributed by atoms with Crippen LogP contribution in [0.2, 0.25) is 0 Å². The number of nitrogens with zero attached hydrogens (tertiary/aromatic N) is 1. The van der Waals surface area contributed by atoms with Crippen molar-refractivity contribution >= 4 is 41.6 Å². The van der Waals surface area contributed by atoms with Gasteiger partial charge >= 0.3 is 18.0 Å². The third-order valence-electron chi connectivity index (χ3n) is 4.58. The van der Waals surface area contributed by atoms with Crippen molar-refractivity contribution in [3.8, 4) is 0 Å². The number of primary amides is 1. The summed E-state index contributed by atoms with van der Waals surface area (Å²) in [4.78, 5) is 59.3. The minimum absolute atomic E-state index is 0.0656. The molecule has 13 nitrogen and oxygen atoms in total. The number of rotatable bonds is 10. The van der Waals surface area contributed by atoms with Crippen molar-refractivity contribution in [2.75, 3.05) is 19.5 Å². The van der Waals surface area contributed by atoms with Gasteiger partial charge in [0.05, 0.1) is 0 Å². The van der Waals surface area contributed by atoms with E-state index >= 15 is 0 Å². The Hall–Kier alpha value is -2.84. The average molecular weight is 446 g/mol. The predicted molar refractivity (Wildman–Crippen MR) is 101 cm³/mol. The van der Waals surface area contributed by atoms with Gasteiger partial charge in [0.2, 0.25) is 5.91 Å². The predicted octanol–water partition coefficient (Wildman–Crippen LogP) is -1.62. The number of hydrogen-bond donors (Lipinski definition) is 5. The van der Waals surface area contributed by atoms with Crippen LogP contribution in [0.15, 0.2) is 11.3 Å². The van der Waals surface area contributed by atoms with Gasteiger partial charge in [-0.2, -0.15) is 0 Å². The van der Waals surface area contributed by atoms with Crippen LogP contribution in [0.3, 0.4) is 0 Å². The molecule has 0 aromatic rings. The van der Waals surface area contributed by atoms with Crippen LogP contribution >= 0.6 is 11.8 Å². The number of aliphatic carboxylic acids is 2. The van der Waals surface area contributed by atoms with E-state index in [1.165, 1.54) is 7.11 Å². The number of ether oxygens (including phenoxy) is 2. The quantitative estimate of drug-likeness (QED) is 0.190. The summed E-state index contributed by atoms with van der Waals surface area (Å²) in [5.74, 6) is -3.87. The summed E-state index contributed by atoms with van der Waals surface area (Å²) in [6.45, 7) is -0.392. The van der Waals surface area contributed by atoms with Gasteiger partial charge < -0.3 is 36.5 Å². The van der Waals surface area contributed by atoms with E-state index in [1.807, 2.05) is 0 Å². The first-order valence-corrected chi connectivity index (χ1v) is 9.77. The largest absolute Gasteiger partial charge is 0.480 e. The lowest BCUT2D eigenvalue weighted by molar-refractivity contribution is -0.192. The summed E-state index contributed by atoms with van der Waals surface area (Å²) in [7, 11) is 1.20. The molecule has 7 N–H and O–H groups in total. The van der Waals surface area contributed by atoms with Crippen molar-refractivity contribution in [3.63, 3.8) is 0 Å². The Balaban J connectivity index is 2.11. The first kappa shape index (κ1) is 23.4. The molecule has 3 amide bonds. The molecule has 0 unspecified atom stereocenters. The number of nitrogens with two attached hydrogens (primary N) is 2. The molecule has 0 bridgehead atoms. The van der Waals surface area contributed by atoms with Crippen LogP contribution in [0.4, 0.5) is 4.79 Å². The molecule has 30 heavy (non-hydrogen) atoms. The molecule has 14 heteroatoms. The number of amides is 3. The number of carboxylic acids is 2. The van der Waals surface area contributed by atoms with E-state index in [0.717, 1.165) is 16.7 Å². The van der Waals surface area contributed by atoms with E-state index in [2.05, 4.69) is 10.1 Å². The minimum Gasteiger partial charge on any atom is -0.480 e. The van der Waals surface area contributed by atoms with Gasteiger partial charge in [-0.05, 0) is 12.8 Å². The summed E-state index contributed by atoms with van der Waals surface area (Å²) < 4.78 is 9.91. The molecule has 1 fully saturated rings. The topological polar surface area (TPSA) is 212 Å². The van der Waals surface area contributed by atoms with Gasteiger partial charge in [-0.3, -0.25) is 19.3 Å². The van der Waals surface area contributed by atoms with Crippen LogP contribution in [0.25, 0.3) is 0 Å². The van der Waals surface area contributed by atoms with E-state index in [-0.39, 0.29) is 36.3 Å². The molecule has 0 saturated carbocycles. The monoisotopic (exact) mass is 446 g/mol. The lowest BCUT2D eigenvalue weighted by Crippen LogP contribution is -2.80. The third kappa shape index (κ3) is 4.49. The minimum atomic E-state index is -1.77. The van der Waals surface area contributed by atoms with Crippen LogP contribution in [0.1, 0.15) is 19.3 Å². The Morgan fingerprint density at radius 2 is 2.03 bits per heavy atom. The van der Waals surface area contributed by atoms with Gasteiger partial charge in [0.1, 0.15) is 23.7 Å². The number of carboxylic acid groups (broad SMARTS) is 2. The number of methoxy groups -OCH3 is 1. The smallest absolute Gasteiger partial charge is 0.404 e. The molecular formula is C16H22N4O9S. The summed E-state index contributed by atoms with van der Waals surface area (Å²) in [5.41, 5.74) is 8.33. The molecule has 2 aliphatic heterocycles. The van der Waals surface area contributed by atoms with Crippen LogP contribution < -0.4 is 16.8 Å². The number of nitrogens with one attached hydrogen (secondary N) is 1. The second-order valence-corrected chi connectivity index (χ2v) is 7.60. The van der Waals surface area contributed by atoms with Crippen molar-refractivity contribution in [2.24, 2.45) is 11.5 Å². The summed E-state index contributed by atoms with van der Waals surface area (Å²) >= 11 is 1.12. The molecule has 0 aromatic heterocycles. The fourth-order valence-corrected chi connectivity index (χ4v) is 4.51.